The van der Waals surface area contributed by atoms with Crippen molar-refractivity contribution in [2.75, 3.05) is 23.4 Å². The van der Waals surface area contributed by atoms with Gasteiger partial charge in [-0.2, -0.15) is 0 Å². The molecule has 1 aromatic rings. The Balaban J connectivity index is 1.91. The van der Waals surface area contributed by atoms with Gasteiger partial charge in [0.15, 0.2) is 9.84 Å². The summed E-state index contributed by atoms with van der Waals surface area (Å²) in [5, 5.41) is 2.78. The van der Waals surface area contributed by atoms with E-state index < -0.39 is 15.8 Å². The van der Waals surface area contributed by atoms with E-state index in [0.717, 1.165) is 6.42 Å². The van der Waals surface area contributed by atoms with Crippen LogP contribution in [0.1, 0.15) is 26.7 Å². The van der Waals surface area contributed by atoms with E-state index in [1.807, 2.05) is 12.1 Å². The molecular weight excluding hydrogens is 302 g/mol. The summed E-state index contributed by atoms with van der Waals surface area (Å²) >= 11 is 0. The number of ether oxygens (including phenoxy) is 1. The van der Waals surface area contributed by atoms with E-state index in [-0.39, 0.29) is 17.4 Å². The first-order valence-electron chi connectivity index (χ1n) is 7.60. The predicted molar refractivity (Wildman–Crippen MR) is 86.8 cm³/mol. The average Bonchev–Trinajstić information content (AvgIpc) is 2.79. The zero-order chi connectivity index (χ0) is 16.2. The fourth-order valence-electron chi connectivity index (χ4n) is 2.32. The van der Waals surface area contributed by atoms with Gasteiger partial charge < -0.3 is 10.1 Å². The highest BCUT2D eigenvalue weighted by atomic mass is 32.2. The van der Waals surface area contributed by atoms with Crippen molar-refractivity contribution in [3.63, 3.8) is 0 Å². The molecule has 1 amide bonds. The monoisotopic (exact) mass is 325 g/mol. The Morgan fingerprint density at radius 3 is 2.82 bits per heavy atom. The lowest BCUT2D eigenvalue weighted by Gasteiger charge is -2.12. The molecule has 122 valence electrons. The number of carbonyl (C=O) groups excluding carboxylic acids is 1. The molecule has 1 aliphatic heterocycles. The van der Waals surface area contributed by atoms with Crippen LogP contribution in [0.25, 0.3) is 0 Å². The number of hydrogen-bond acceptors (Lipinski definition) is 4. The zero-order valence-electron chi connectivity index (χ0n) is 13.0. The summed E-state index contributed by atoms with van der Waals surface area (Å²) in [7, 11) is -3.05. The van der Waals surface area contributed by atoms with Gasteiger partial charge in [0.05, 0.1) is 24.0 Å². The minimum atomic E-state index is -3.05. The van der Waals surface area contributed by atoms with E-state index in [1.54, 1.807) is 12.1 Å². The molecule has 1 aliphatic rings. The molecule has 2 rings (SSSR count). The van der Waals surface area contributed by atoms with Crippen molar-refractivity contribution in [2.45, 2.75) is 26.7 Å². The summed E-state index contributed by atoms with van der Waals surface area (Å²) in [6.07, 6.45) is 1.37. The molecule has 6 heteroatoms. The third kappa shape index (κ3) is 5.02. The maximum atomic E-state index is 12.1. The normalized spacial score (nSPS) is 20.0. The van der Waals surface area contributed by atoms with Crippen LogP contribution in [0.2, 0.25) is 0 Å². The van der Waals surface area contributed by atoms with Crippen LogP contribution in [0.5, 0.6) is 5.75 Å². The molecule has 5 nitrogen and oxygen atoms in total. The second kappa shape index (κ2) is 7.13. The second-order valence-corrected chi connectivity index (χ2v) is 8.38. The van der Waals surface area contributed by atoms with Crippen LogP contribution >= 0.6 is 0 Å². The van der Waals surface area contributed by atoms with E-state index >= 15 is 0 Å². The number of amides is 1. The second-order valence-electron chi connectivity index (χ2n) is 6.15. The van der Waals surface area contributed by atoms with Gasteiger partial charge in [-0.05, 0) is 30.9 Å². The molecule has 0 aliphatic carbocycles. The van der Waals surface area contributed by atoms with Crippen molar-refractivity contribution < 1.29 is 17.9 Å². The van der Waals surface area contributed by atoms with Crippen LogP contribution in [-0.2, 0) is 14.6 Å². The summed E-state index contributed by atoms with van der Waals surface area (Å²) in [6, 6.07) is 7.19. The van der Waals surface area contributed by atoms with E-state index in [9.17, 15) is 13.2 Å². The Morgan fingerprint density at radius 2 is 2.18 bits per heavy atom. The van der Waals surface area contributed by atoms with Gasteiger partial charge in [-0.25, -0.2) is 8.42 Å². The summed E-state index contributed by atoms with van der Waals surface area (Å²) < 4.78 is 28.5. The number of nitrogens with one attached hydrogen (secondary N) is 1. The van der Waals surface area contributed by atoms with Crippen LogP contribution in [-0.4, -0.2) is 32.4 Å². The molecule has 22 heavy (non-hydrogen) atoms. The van der Waals surface area contributed by atoms with Gasteiger partial charge in [-0.3, -0.25) is 4.79 Å². The molecule has 0 radical (unpaired) electrons. The number of hydrogen-bond donors (Lipinski definition) is 1. The molecule has 1 aromatic carbocycles. The van der Waals surface area contributed by atoms with Crippen LogP contribution < -0.4 is 10.1 Å². The van der Waals surface area contributed by atoms with Crippen LogP contribution in [0.15, 0.2) is 24.3 Å². The first-order valence-corrected chi connectivity index (χ1v) is 9.42. The highest BCUT2D eigenvalue weighted by Gasteiger charge is 2.32. The van der Waals surface area contributed by atoms with Gasteiger partial charge in [0, 0.05) is 11.8 Å². The highest BCUT2D eigenvalue weighted by molar-refractivity contribution is 7.91. The van der Waals surface area contributed by atoms with Crippen molar-refractivity contribution in [1.82, 2.24) is 0 Å². The summed E-state index contributed by atoms with van der Waals surface area (Å²) in [5.41, 5.74) is 0.636. The Kier molecular flexibility index (Phi) is 5.45. The molecule has 1 fully saturated rings. The lowest BCUT2D eigenvalue weighted by molar-refractivity contribution is -0.119. The molecule has 0 spiro atoms. The van der Waals surface area contributed by atoms with Crippen molar-refractivity contribution in [1.29, 1.82) is 0 Å². The number of rotatable bonds is 6. The van der Waals surface area contributed by atoms with Gasteiger partial charge in [-0.15, -0.1) is 0 Å². The Morgan fingerprint density at radius 1 is 1.41 bits per heavy atom. The number of carbonyl (C=O) groups is 1. The summed E-state index contributed by atoms with van der Waals surface area (Å²) in [4.78, 5) is 12.1. The Hall–Kier alpha value is -1.56. The van der Waals surface area contributed by atoms with Crippen LogP contribution in [0.3, 0.4) is 0 Å². The molecule has 1 N–H and O–H groups in total. The molecule has 1 saturated heterocycles. The van der Waals surface area contributed by atoms with Crippen LogP contribution in [0.4, 0.5) is 5.69 Å². The van der Waals surface area contributed by atoms with Gasteiger partial charge in [0.1, 0.15) is 5.75 Å². The number of anilines is 1. The quantitative estimate of drug-likeness (QED) is 0.872. The smallest absolute Gasteiger partial charge is 0.228 e. The van der Waals surface area contributed by atoms with Crippen molar-refractivity contribution >= 4 is 21.4 Å². The lowest BCUT2D eigenvalue weighted by Crippen LogP contribution is -2.23. The van der Waals surface area contributed by atoms with Gasteiger partial charge in [-0.1, -0.05) is 19.9 Å². The van der Waals surface area contributed by atoms with E-state index in [1.165, 1.54) is 0 Å². The van der Waals surface area contributed by atoms with E-state index in [2.05, 4.69) is 19.2 Å². The average molecular weight is 325 g/mol. The fourth-order valence-corrected chi connectivity index (χ4v) is 4.06. The van der Waals surface area contributed by atoms with Gasteiger partial charge >= 0.3 is 0 Å². The maximum absolute atomic E-state index is 12.1. The van der Waals surface area contributed by atoms with Gasteiger partial charge in [0.2, 0.25) is 5.91 Å². The fraction of sp³-hybridized carbons (Fsp3) is 0.562. The largest absolute Gasteiger partial charge is 0.494 e. The Bertz CT molecular complexity index is 625. The van der Waals surface area contributed by atoms with E-state index in [0.29, 0.717) is 30.4 Å². The molecule has 0 saturated carbocycles. The van der Waals surface area contributed by atoms with Crippen molar-refractivity contribution in [3.05, 3.63) is 24.3 Å². The highest BCUT2D eigenvalue weighted by Crippen LogP contribution is 2.22. The third-order valence-corrected chi connectivity index (χ3v) is 5.44. The number of sulfone groups is 1. The van der Waals surface area contributed by atoms with Crippen molar-refractivity contribution in [3.8, 4) is 5.75 Å². The minimum Gasteiger partial charge on any atom is -0.494 e. The molecule has 1 unspecified atom stereocenters. The third-order valence-electron chi connectivity index (χ3n) is 3.67. The summed E-state index contributed by atoms with van der Waals surface area (Å²) in [6.45, 7) is 4.90. The molecule has 1 atom stereocenters. The predicted octanol–water partition coefficient (Wildman–Crippen LogP) is 2.48. The first-order chi connectivity index (χ1) is 10.4. The van der Waals surface area contributed by atoms with Crippen LogP contribution in [0, 0.1) is 11.8 Å². The summed E-state index contributed by atoms with van der Waals surface area (Å²) in [5.74, 6) is 0.646. The van der Waals surface area contributed by atoms with Crippen molar-refractivity contribution in [2.24, 2.45) is 11.8 Å². The number of benzene rings is 1. The molecule has 0 aromatic heterocycles. The minimum absolute atomic E-state index is 0.0522. The first kappa shape index (κ1) is 16.8. The zero-order valence-corrected chi connectivity index (χ0v) is 13.9. The molecular formula is C16H23NO4S. The Labute approximate surface area is 132 Å². The molecule has 0 bridgehead atoms. The van der Waals surface area contributed by atoms with E-state index in [4.69, 9.17) is 4.74 Å². The molecule has 1 heterocycles. The lowest BCUT2D eigenvalue weighted by atomic mass is 10.1. The standard InChI is InChI=1S/C16H23NO4S/c1-12(2)6-8-21-15-5-3-4-14(10-15)17-16(18)13-7-9-22(19,20)11-13/h3-5,10,12-13H,6-9,11H2,1-2H3,(H,17,18). The maximum Gasteiger partial charge on any atom is 0.228 e. The SMILES string of the molecule is CC(C)CCOc1cccc(NC(=O)C2CCS(=O)(=O)C2)c1. The van der Waals surface area contributed by atoms with Gasteiger partial charge in [0.25, 0.3) is 0 Å². The topological polar surface area (TPSA) is 72.5 Å².